The van der Waals surface area contributed by atoms with Crippen LogP contribution in [0, 0.1) is 0 Å². The molecule has 2 aromatic carbocycles. The van der Waals surface area contributed by atoms with Gasteiger partial charge in [0.1, 0.15) is 18.0 Å². The molecular formula is C22H22N4O5. The molecular weight excluding hydrogens is 400 g/mol. The standard InChI is InChI=1S/C22H22N4O5/c1-14(27)23-15-4-6-16(7-5-15)24-21(28)13-26-22(29)11-10-19(25-26)18-9-8-17(30-2)12-20(18)31-3/h4-12H,13H2,1-3H3,(H,23,27)(H,24,28). The summed E-state index contributed by atoms with van der Waals surface area (Å²) in [6.07, 6.45) is 0. The molecule has 0 radical (unpaired) electrons. The average molecular weight is 422 g/mol. The lowest BCUT2D eigenvalue weighted by atomic mass is 10.1. The van der Waals surface area contributed by atoms with Crippen LogP contribution < -0.4 is 25.7 Å². The Morgan fingerprint density at radius 1 is 0.935 bits per heavy atom. The fourth-order valence-corrected chi connectivity index (χ4v) is 2.89. The number of nitrogens with one attached hydrogen (secondary N) is 2. The summed E-state index contributed by atoms with van der Waals surface area (Å²) in [5.74, 6) is 0.551. The number of benzene rings is 2. The second-order valence-electron chi connectivity index (χ2n) is 6.59. The normalized spacial score (nSPS) is 10.3. The van der Waals surface area contributed by atoms with E-state index in [1.54, 1.807) is 55.6 Å². The lowest BCUT2D eigenvalue weighted by molar-refractivity contribution is -0.117. The molecule has 160 valence electrons. The van der Waals surface area contributed by atoms with Crippen LogP contribution in [0.2, 0.25) is 0 Å². The molecule has 0 aliphatic heterocycles. The number of anilines is 2. The third-order valence-corrected chi connectivity index (χ3v) is 4.33. The van der Waals surface area contributed by atoms with E-state index in [0.29, 0.717) is 34.1 Å². The monoisotopic (exact) mass is 422 g/mol. The minimum absolute atomic E-state index is 0.185. The molecule has 1 heterocycles. The fraction of sp³-hybridized carbons (Fsp3) is 0.182. The third-order valence-electron chi connectivity index (χ3n) is 4.33. The van der Waals surface area contributed by atoms with Crippen molar-refractivity contribution in [1.29, 1.82) is 0 Å². The van der Waals surface area contributed by atoms with E-state index < -0.39 is 11.5 Å². The van der Waals surface area contributed by atoms with E-state index in [2.05, 4.69) is 15.7 Å². The van der Waals surface area contributed by atoms with Crippen molar-refractivity contribution in [2.24, 2.45) is 0 Å². The zero-order valence-electron chi connectivity index (χ0n) is 17.3. The van der Waals surface area contributed by atoms with Gasteiger partial charge in [0.15, 0.2) is 0 Å². The van der Waals surface area contributed by atoms with Crippen LogP contribution in [0.1, 0.15) is 6.92 Å². The molecule has 1 aromatic heterocycles. The molecule has 9 nitrogen and oxygen atoms in total. The number of carbonyl (C=O) groups excluding carboxylic acids is 2. The van der Waals surface area contributed by atoms with Crippen LogP contribution in [0.4, 0.5) is 11.4 Å². The molecule has 0 bridgehead atoms. The molecule has 3 aromatic rings. The molecule has 0 unspecified atom stereocenters. The predicted molar refractivity (Wildman–Crippen MR) is 116 cm³/mol. The van der Waals surface area contributed by atoms with E-state index >= 15 is 0 Å². The highest BCUT2D eigenvalue weighted by Crippen LogP contribution is 2.31. The van der Waals surface area contributed by atoms with Crippen molar-refractivity contribution >= 4 is 23.2 Å². The average Bonchev–Trinajstić information content (AvgIpc) is 2.76. The van der Waals surface area contributed by atoms with E-state index in [0.717, 1.165) is 4.68 Å². The number of aromatic nitrogens is 2. The summed E-state index contributed by atoms with van der Waals surface area (Å²) in [7, 11) is 3.08. The van der Waals surface area contributed by atoms with Crippen molar-refractivity contribution in [1.82, 2.24) is 9.78 Å². The molecule has 0 spiro atoms. The van der Waals surface area contributed by atoms with Gasteiger partial charge in [-0.15, -0.1) is 0 Å². The Morgan fingerprint density at radius 3 is 2.23 bits per heavy atom. The molecule has 31 heavy (non-hydrogen) atoms. The van der Waals surface area contributed by atoms with Crippen molar-refractivity contribution in [3.8, 4) is 22.8 Å². The Labute approximate surface area is 178 Å². The van der Waals surface area contributed by atoms with Gasteiger partial charge < -0.3 is 20.1 Å². The predicted octanol–water partition coefficient (Wildman–Crippen LogP) is 2.52. The Morgan fingerprint density at radius 2 is 1.61 bits per heavy atom. The largest absolute Gasteiger partial charge is 0.497 e. The Kier molecular flexibility index (Phi) is 6.66. The number of carbonyl (C=O) groups is 2. The van der Waals surface area contributed by atoms with Crippen LogP contribution in [0.15, 0.2) is 59.4 Å². The lowest BCUT2D eigenvalue weighted by Crippen LogP contribution is -2.29. The molecule has 2 amide bonds. The van der Waals surface area contributed by atoms with Gasteiger partial charge >= 0.3 is 0 Å². The summed E-state index contributed by atoms with van der Waals surface area (Å²) in [5, 5.41) is 9.66. The number of ether oxygens (including phenoxy) is 2. The maximum atomic E-state index is 12.4. The molecule has 0 aliphatic carbocycles. The lowest BCUT2D eigenvalue weighted by Gasteiger charge is -2.12. The van der Waals surface area contributed by atoms with Crippen LogP contribution in [0.3, 0.4) is 0 Å². The van der Waals surface area contributed by atoms with Crippen LogP contribution in [-0.4, -0.2) is 35.8 Å². The van der Waals surface area contributed by atoms with E-state index in [1.165, 1.54) is 20.1 Å². The molecule has 0 aliphatic rings. The highest BCUT2D eigenvalue weighted by molar-refractivity contribution is 5.92. The van der Waals surface area contributed by atoms with E-state index in [1.807, 2.05) is 0 Å². The summed E-state index contributed by atoms with van der Waals surface area (Å²) in [5.41, 5.74) is 1.87. The highest BCUT2D eigenvalue weighted by atomic mass is 16.5. The van der Waals surface area contributed by atoms with Gasteiger partial charge in [-0.05, 0) is 42.5 Å². The van der Waals surface area contributed by atoms with Crippen LogP contribution >= 0.6 is 0 Å². The molecule has 2 N–H and O–H groups in total. The smallest absolute Gasteiger partial charge is 0.267 e. The number of methoxy groups -OCH3 is 2. The number of hydrogen-bond donors (Lipinski definition) is 2. The first-order chi connectivity index (χ1) is 14.9. The summed E-state index contributed by atoms with van der Waals surface area (Å²) >= 11 is 0. The van der Waals surface area contributed by atoms with Crippen LogP contribution in [0.5, 0.6) is 11.5 Å². The van der Waals surface area contributed by atoms with Gasteiger partial charge in [0.2, 0.25) is 11.8 Å². The second kappa shape index (κ2) is 9.57. The van der Waals surface area contributed by atoms with Crippen molar-refractivity contribution in [2.45, 2.75) is 13.5 Å². The molecule has 0 atom stereocenters. The van der Waals surface area contributed by atoms with E-state index in [-0.39, 0.29) is 12.5 Å². The summed E-state index contributed by atoms with van der Waals surface area (Å²) in [4.78, 5) is 35.7. The molecule has 0 saturated heterocycles. The number of nitrogens with zero attached hydrogens (tertiary/aromatic N) is 2. The van der Waals surface area contributed by atoms with Crippen molar-refractivity contribution in [3.63, 3.8) is 0 Å². The van der Waals surface area contributed by atoms with Gasteiger partial charge in [0, 0.05) is 36.0 Å². The minimum Gasteiger partial charge on any atom is -0.497 e. The first-order valence-corrected chi connectivity index (χ1v) is 9.37. The van der Waals surface area contributed by atoms with Crippen molar-refractivity contribution in [3.05, 3.63) is 65.0 Å². The Balaban J connectivity index is 1.77. The van der Waals surface area contributed by atoms with E-state index in [4.69, 9.17) is 9.47 Å². The Bertz CT molecular complexity index is 1160. The molecule has 3 rings (SSSR count). The van der Waals surface area contributed by atoms with Crippen LogP contribution in [-0.2, 0) is 16.1 Å². The quantitative estimate of drug-likeness (QED) is 0.605. The zero-order chi connectivity index (χ0) is 22.4. The zero-order valence-corrected chi connectivity index (χ0v) is 17.3. The fourth-order valence-electron chi connectivity index (χ4n) is 2.89. The molecule has 0 saturated carbocycles. The summed E-state index contributed by atoms with van der Waals surface area (Å²) < 4.78 is 11.7. The van der Waals surface area contributed by atoms with Crippen molar-refractivity contribution < 1.29 is 19.1 Å². The van der Waals surface area contributed by atoms with Crippen LogP contribution in [0.25, 0.3) is 11.3 Å². The van der Waals surface area contributed by atoms with Gasteiger partial charge in [-0.3, -0.25) is 14.4 Å². The SMILES string of the molecule is COc1ccc(-c2ccc(=O)n(CC(=O)Nc3ccc(NC(C)=O)cc3)n2)c(OC)c1. The first-order valence-electron chi connectivity index (χ1n) is 9.37. The van der Waals surface area contributed by atoms with Gasteiger partial charge in [-0.25, -0.2) is 4.68 Å². The minimum atomic E-state index is -0.416. The molecule has 9 heteroatoms. The maximum absolute atomic E-state index is 12.4. The molecule has 0 fully saturated rings. The van der Waals surface area contributed by atoms with Gasteiger partial charge in [-0.2, -0.15) is 5.10 Å². The highest BCUT2D eigenvalue weighted by Gasteiger charge is 2.12. The summed E-state index contributed by atoms with van der Waals surface area (Å²) in [6.45, 7) is 1.15. The number of rotatable bonds is 7. The second-order valence-corrected chi connectivity index (χ2v) is 6.59. The van der Waals surface area contributed by atoms with Crippen molar-refractivity contribution in [2.75, 3.05) is 24.9 Å². The van der Waals surface area contributed by atoms with E-state index in [9.17, 15) is 14.4 Å². The maximum Gasteiger partial charge on any atom is 0.267 e. The van der Waals surface area contributed by atoms with Gasteiger partial charge in [-0.1, -0.05) is 0 Å². The van der Waals surface area contributed by atoms with Gasteiger partial charge in [0.25, 0.3) is 5.56 Å². The Hall–Kier alpha value is -4.14. The van der Waals surface area contributed by atoms with Gasteiger partial charge in [0.05, 0.1) is 19.9 Å². The topological polar surface area (TPSA) is 112 Å². The summed E-state index contributed by atoms with van der Waals surface area (Å²) in [6, 6.07) is 14.8. The number of hydrogen-bond acceptors (Lipinski definition) is 6. The first kappa shape index (κ1) is 21.6. The number of amides is 2. The third kappa shape index (κ3) is 5.47.